The third-order valence-electron chi connectivity index (χ3n) is 5.49. The zero-order valence-electron chi connectivity index (χ0n) is 17.6. The van der Waals surface area contributed by atoms with Crippen LogP contribution in [0.1, 0.15) is 27.8 Å². The van der Waals surface area contributed by atoms with Crippen LogP contribution in [0, 0.1) is 27.7 Å². The summed E-state index contributed by atoms with van der Waals surface area (Å²) < 4.78 is 0. The molecule has 1 heterocycles. The Morgan fingerprint density at radius 2 is 1.27 bits per heavy atom. The second-order valence-corrected chi connectivity index (χ2v) is 7.82. The molecule has 0 unspecified atom stereocenters. The number of rotatable bonds is 4. The SMILES string of the molecule is Cc1ccc(NC2=C(c3ccc(C)c(C)c3)C(=O)N(c3ccc(C)cc3)C2=O)cc1. The van der Waals surface area contributed by atoms with Crippen LogP contribution in [0.5, 0.6) is 0 Å². The highest BCUT2D eigenvalue weighted by atomic mass is 16.2. The van der Waals surface area contributed by atoms with Gasteiger partial charge in [-0.25, -0.2) is 4.90 Å². The first-order valence-electron chi connectivity index (χ1n) is 9.96. The number of amides is 2. The van der Waals surface area contributed by atoms with Crippen molar-refractivity contribution in [2.75, 3.05) is 10.2 Å². The van der Waals surface area contributed by atoms with Gasteiger partial charge in [-0.05, 0) is 68.7 Å². The van der Waals surface area contributed by atoms with Crippen LogP contribution in [0.25, 0.3) is 5.57 Å². The average molecular weight is 396 g/mol. The van der Waals surface area contributed by atoms with Crippen LogP contribution in [0.4, 0.5) is 11.4 Å². The van der Waals surface area contributed by atoms with E-state index in [1.165, 1.54) is 4.90 Å². The number of benzene rings is 3. The number of imide groups is 1. The maximum Gasteiger partial charge on any atom is 0.282 e. The Balaban J connectivity index is 1.83. The van der Waals surface area contributed by atoms with Crippen molar-refractivity contribution in [3.8, 4) is 0 Å². The Labute approximate surface area is 176 Å². The minimum atomic E-state index is -0.349. The zero-order valence-corrected chi connectivity index (χ0v) is 17.6. The van der Waals surface area contributed by atoms with Crippen molar-refractivity contribution in [2.45, 2.75) is 27.7 Å². The molecule has 0 spiro atoms. The van der Waals surface area contributed by atoms with Crippen molar-refractivity contribution >= 4 is 28.8 Å². The van der Waals surface area contributed by atoms with E-state index in [0.717, 1.165) is 33.5 Å². The van der Waals surface area contributed by atoms with Crippen LogP contribution < -0.4 is 10.2 Å². The van der Waals surface area contributed by atoms with E-state index in [0.29, 0.717) is 17.0 Å². The molecule has 0 bridgehead atoms. The van der Waals surface area contributed by atoms with E-state index in [2.05, 4.69) is 5.32 Å². The van der Waals surface area contributed by atoms with Crippen LogP contribution in [-0.2, 0) is 9.59 Å². The molecule has 0 atom stereocenters. The number of aryl methyl sites for hydroxylation is 4. The summed E-state index contributed by atoms with van der Waals surface area (Å²) in [6.45, 7) is 8.01. The number of anilines is 2. The third-order valence-corrected chi connectivity index (χ3v) is 5.49. The van der Waals surface area contributed by atoms with Crippen LogP contribution in [0.3, 0.4) is 0 Å². The van der Waals surface area contributed by atoms with Crippen LogP contribution in [-0.4, -0.2) is 11.8 Å². The van der Waals surface area contributed by atoms with Gasteiger partial charge in [0, 0.05) is 5.69 Å². The van der Waals surface area contributed by atoms with E-state index in [1.54, 1.807) is 12.1 Å². The number of carbonyl (C=O) groups is 2. The molecule has 0 saturated carbocycles. The molecule has 0 saturated heterocycles. The molecule has 0 aromatic heterocycles. The monoisotopic (exact) mass is 396 g/mol. The molecule has 4 heteroatoms. The molecule has 2 amide bonds. The molecule has 4 rings (SSSR count). The summed E-state index contributed by atoms with van der Waals surface area (Å²) >= 11 is 0. The van der Waals surface area contributed by atoms with Crippen molar-refractivity contribution < 1.29 is 9.59 Å². The van der Waals surface area contributed by atoms with E-state index >= 15 is 0 Å². The predicted octanol–water partition coefficient (Wildman–Crippen LogP) is 5.32. The maximum atomic E-state index is 13.5. The van der Waals surface area contributed by atoms with Gasteiger partial charge in [-0.1, -0.05) is 53.6 Å². The molecule has 0 aliphatic carbocycles. The lowest BCUT2D eigenvalue weighted by molar-refractivity contribution is -0.120. The van der Waals surface area contributed by atoms with Crippen molar-refractivity contribution in [1.82, 2.24) is 0 Å². The summed E-state index contributed by atoms with van der Waals surface area (Å²) in [5.41, 5.74) is 7.17. The lowest BCUT2D eigenvalue weighted by Gasteiger charge is -2.15. The molecule has 0 fully saturated rings. The number of nitrogens with one attached hydrogen (secondary N) is 1. The normalized spacial score (nSPS) is 13.9. The minimum absolute atomic E-state index is 0.299. The van der Waals surface area contributed by atoms with Crippen molar-refractivity contribution in [3.05, 3.63) is 100 Å². The third kappa shape index (κ3) is 3.52. The van der Waals surface area contributed by atoms with Gasteiger partial charge in [0.25, 0.3) is 11.8 Å². The standard InChI is InChI=1S/C26H24N2O2/c1-16-5-11-21(12-6-16)27-24-23(20-10-9-18(3)19(4)15-20)25(29)28(26(24)30)22-13-7-17(2)8-14-22/h5-15,27H,1-4H3. The van der Waals surface area contributed by atoms with Gasteiger partial charge in [-0.15, -0.1) is 0 Å². The second-order valence-electron chi connectivity index (χ2n) is 7.82. The van der Waals surface area contributed by atoms with Crippen LogP contribution in [0.15, 0.2) is 72.4 Å². The molecule has 1 aliphatic heterocycles. The Hall–Kier alpha value is -3.66. The van der Waals surface area contributed by atoms with Gasteiger partial charge in [0.1, 0.15) is 5.70 Å². The molecule has 3 aromatic carbocycles. The number of hydrogen-bond acceptors (Lipinski definition) is 3. The summed E-state index contributed by atoms with van der Waals surface area (Å²) in [7, 11) is 0. The highest BCUT2D eigenvalue weighted by molar-refractivity contribution is 6.46. The van der Waals surface area contributed by atoms with E-state index in [-0.39, 0.29) is 11.8 Å². The molecule has 0 radical (unpaired) electrons. The lowest BCUT2D eigenvalue weighted by Crippen LogP contribution is -2.32. The molecule has 150 valence electrons. The summed E-state index contributed by atoms with van der Waals surface area (Å²) in [6, 6.07) is 21.0. The Morgan fingerprint density at radius 3 is 1.87 bits per heavy atom. The van der Waals surface area contributed by atoms with Gasteiger partial charge >= 0.3 is 0 Å². The Kier molecular flexibility index (Phi) is 5.00. The molecular weight excluding hydrogens is 372 g/mol. The lowest BCUT2D eigenvalue weighted by atomic mass is 9.99. The highest BCUT2D eigenvalue weighted by Gasteiger charge is 2.40. The first-order chi connectivity index (χ1) is 14.3. The first-order valence-corrected chi connectivity index (χ1v) is 9.96. The molecular formula is C26H24N2O2. The van der Waals surface area contributed by atoms with E-state index in [9.17, 15) is 9.59 Å². The summed E-state index contributed by atoms with van der Waals surface area (Å²) in [4.78, 5) is 28.1. The number of carbonyl (C=O) groups excluding carboxylic acids is 2. The van der Waals surface area contributed by atoms with Gasteiger partial charge in [0.05, 0.1) is 11.3 Å². The summed E-state index contributed by atoms with van der Waals surface area (Å²) in [6.07, 6.45) is 0. The van der Waals surface area contributed by atoms with Gasteiger partial charge < -0.3 is 5.32 Å². The fourth-order valence-electron chi connectivity index (χ4n) is 3.52. The molecule has 1 N–H and O–H groups in total. The average Bonchev–Trinajstić information content (AvgIpc) is 2.96. The van der Waals surface area contributed by atoms with Crippen molar-refractivity contribution in [3.63, 3.8) is 0 Å². The van der Waals surface area contributed by atoms with E-state index in [1.807, 2.05) is 82.3 Å². The number of nitrogens with zero attached hydrogens (tertiary/aromatic N) is 1. The Bertz CT molecular complexity index is 1170. The minimum Gasteiger partial charge on any atom is -0.350 e. The molecule has 4 nitrogen and oxygen atoms in total. The fourth-order valence-corrected chi connectivity index (χ4v) is 3.52. The molecule has 30 heavy (non-hydrogen) atoms. The first kappa shape index (κ1) is 19.6. The van der Waals surface area contributed by atoms with Crippen LogP contribution in [0.2, 0.25) is 0 Å². The van der Waals surface area contributed by atoms with E-state index < -0.39 is 0 Å². The fraction of sp³-hybridized carbons (Fsp3) is 0.154. The van der Waals surface area contributed by atoms with Crippen molar-refractivity contribution in [2.24, 2.45) is 0 Å². The van der Waals surface area contributed by atoms with Crippen molar-refractivity contribution in [1.29, 1.82) is 0 Å². The largest absolute Gasteiger partial charge is 0.350 e. The topological polar surface area (TPSA) is 49.4 Å². The summed E-state index contributed by atoms with van der Waals surface area (Å²) in [5.74, 6) is -0.667. The van der Waals surface area contributed by atoms with E-state index in [4.69, 9.17) is 0 Å². The zero-order chi connectivity index (χ0) is 21.4. The second kappa shape index (κ2) is 7.64. The number of hydrogen-bond donors (Lipinski definition) is 1. The predicted molar refractivity (Wildman–Crippen MR) is 121 cm³/mol. The quantitative estimate of drug-likeness (QED) is 0.608. The van der Waals surface area contributed by atoms with Crippen LogP contribution >= 0.6 is 0 Å². The Morgan fingerprint density at radius 1 is 0.667 bits per heavy atom. The van der Waals surface area contributed by atoms with Gasteiger partial charge in [-0.2, -0.15) is 0 Å². The molecule has 1 aliphatic rings. The smallest absolute Gasteiger partial charge is 0.282 e. The van der Waals surface area contributed by atoms with Gasteiger partial charge in [0.2, 0.25) is 0 Å². The van der Waals surface area contributed by atoms with Gasteiger partial charge in [0.15, 0.2) is 0 Å². The maximum absolute atomic E-state index is 13.5. The van der Waals surface area contributed by atoms with Gasteiger partial charge in [-0.3, -0.25) is 9.59 Å². The summed E-state index contributed by atoms with van der Waals surface area (Å²) in [5, 5.41) is 3.21. The molecule has 3 aromatic rings. The highest BCUT2D eigenvalue weighted by Crippen LogP contribution is 2.34.